The van der Waals surface area contributed by atoms with Crippen molar-refractivity contribution in [2.45, 2.75) is 6.92 Å². The normalized spacial score (nSPS) is 14.5. The highest BCUT2D eigenvalue weighted by atomic mass is 16.5. The third kappa shape index (κ3) is 3.47. The van der Waals surface area contributed by atoms with Gasteiger partial charge in [-0.05, 0) is 19.1 Å². The quantitative estimate of drug-likeness (QED) is 0.805. The molecule has 1 aliphatic rings. The summed E-state index contributed by atoms with van der Waals surface area (Å²) in [5, 5.41) is 0. The van der Waals surface area contributed by atoms with Crippen LogP contribution in [0.2, 0.25) is 0 Å². The molecule has 1 fully saturated rings. The number of aromatic nitrogens is 3. The molecule has 25 heavy (non-hydrogen) atoms. The summed E-state index contributed by atoms with van der Waals surface area (Å²) >= 11 is 0. The number of piperazine rings is 1. The van der Waals surface area contributed by atoms with Crippen molar-refractivity contribution in [3.05, 3.63) is 46.1 Å². The maximum atomic E-state index is 12.6. The van der Waals surface area contributed by atoms with Gasteiger partial charge in [0, 0.05) is 45.5 Å². The summed E-state index contributed by atoms with van der Waals surface area (Å²) in [6.07, 6.45) is 1.64. The van der Waals surface area contributed by atoms with Gasteiger partial charge in [0.1, 0.15) is 17.2 Å². The van der Waals surface area contributed by atoms with Gasteiger partial charge in [-0.25, -0.2) is 4.98 Å². The van der Waals surface area contributed by atoms with Gasteiger partial charge in [0.25, 0.3) is 11.5 Å². The van der Waals surface area contributed by atoms with Gasteiger partial charge >= 0.3 is 0 Å². The number of anilines is 1. The average molecular weight is 343 g/mol. The van der Waals surface area contributed by atoms with Crippen LogP contribution in [0, 0.1) is 6.92 Å². The smallest absolute Gasteiger partial charge is 0.263 e. The SMILES string of the molecule is COc1cc(N2CCN(C(=O)c3cccn(C)c3=O)CC2)nc(C)n1. The first kappa shape index (κ1) is 16.9. The van der Waals surface area contributed by atoms with Crippen molar-refractivity contribution in [1.29, 1.82) is 0 Å². The fourth-order valence-electron chi connectivity index (χ4n) is 2.86. The van der Waals surface area contributed by atoms with Crippen LogP contribution in [0.25, 0.3) is 0 Å². The lowest BCUT2D eigenvalue weighted by Gasteiger charge is -2.35. The standard InChI is InChI=1S/C17H21N5O3/c1-12-18-14(11-15(19-12)25-3)21-7-9-22(10-8-21)17(24)13-5-4-6-20(2)16(13)23/h4-6,11H,7-10H2,1-3H3. The molecule has 2 aromatic heterocycles. The molecule has 2 aromatic rings. The number of carbonyl (C=O) groups is 1. The van der Waals surface area contributed by atoms with Gasteiger partial charge in [-0.2, -0.15) is 4.98 Å². The predicted molar refractivity (Wildman–Crippen MR) is 93.1 cm³/mol. The van der Waals surface area contributed by atoms with Crippen molar-refractivity contribution in [2.24, 2.45) is 7.05 Å². The third-order valence-corrected chi connectivity index (χ3v) is 4.25. The largest absolute Gasteiger partial charge is 0.481 e. The molecule has 0 spiro atoms. The molecule has 8 heteroatoms. The van der Waals surface area contributed by atoms with E-state index in [-0.39, 0.29) is 17.0 Å². The van der Waals surface area contributed by atoms with Crippen LogP contribution >= 0.6 is 0 Å². The first-order chi connectivity index (χ1) is 12.0. The number of nitrogens with zero attached hydrogens (tertiary/aromatic N) is 5. The number of hydrogen-bond acceptors (Lipinski definition) is 6. The van der Waals surface area contributed by atoms with Crippen LogP contribution < -0.4 is 15.2 Å². The molecule has 3 heterocycles. The zero-order valence-corrected chi connectivity index (χ0v) is 14.6. The zero-order chi connectivity index (χ0) is 18.0. The maximum absolute atomic E-state index is 12.6. The number of pyridine rings is 1. The molecule has 0 radical (unpaired) electrons. The van der Waals surface area contributed by atoms with Crippen molar-refractivity contribution < 1.29 is 9.53 Å². The van der Waals surface area contributed by atoms with Crippen molar-refractivity contribution in [1.82, 2.24) is 19.4 Å². The highest BCUT2D eigenvalue weighted by Crippen LogP contribution is 2.19. The van der Waals surface area contributed by atoms with E-state index in [9.17, 15) is 9.59 Å². The van der Waals surface area contributed by atoms with Crippen LogP contribution in [-0.4, -0.2) is 58.6 Å². The van der Waals surface area contributed by atoms with Gasteiger partial charge in [-0.3, -0.25) is 9.59 Å². The van der Waals surface area contributed by atoms with Crippen LogP contribution in [0.4, 0.5) is 5.82 Å². The molecule has 0 saturated carbocycles. The lowest BCUT2D eigenvalue weighted by atomic mass is 10.2. The van der Waals surface area contributed by atoms with E-state index in [1.165, 1.54) is 4.57 Å². The average Bonchev–Trinajstić information content (AvgIpc) is 2.63. The van der Waals surface area contributed by atoms with E-state index in [2.05, 4.69) is 14.9 Å². The Hall–Kier alpha value is -2.90. The summed E-state index contributed by atoms with van der Waals surface area (Å²) in [6.45, 7) is 4.15. The molecule has 8 nitrogen and oxygen atoms in total. The maximum Gasteiger partial charge on any atom is 0.263 e. The van der Waals surface area contributed by atoms with E-state index in [1.807, 2.05) is 6.92 Å². The number of aryl methyl sites for hydroxylation is 2. The lowest BCUT2D eigenvalue weighted by Crippen LogP contribution is -2.50. The molecule has 3 rings (SSSR count). The molecule has 1 aliphatic heterocycles. The molecule has 0 N–H and O–H groups in total. The minimum absolute atomic E-state index is 0.206. The van der Waals surface area contributed by atoms with Crippen molar-refractivity contribution in [3.8, 4) is 5.88 Å². The summed E-state index contributed by atoms with van der Waals surface area (Å²) in [4.78, 5) is 37.2. The summed E-state index contributed by atoms with van der Waals surface area (Å²) in [6, 6.07) is 5.08. The van der Waals surface area contributed by atoms with E-state index in [0.717, 1.165) is 5.82 Å². The van der Waals surface area contributed by atoms with Crippen molar-refractivity contribution in [2.75, 3.05) is 38.2 Å². The summed E-state index contributed by atoms with van der Waals surface area (Å²) in [5.41, 5.74) is -0.0657. The minimum atomic E-state index is -0.272. The second-order valence-electron chi connectivity index (χ2n) is 5.93. The van der Waals surface area contributed by atoms with Crippen LogP contribution in [0.15, 0.2) is 29.2 Å². The van der Waals surface area contributed by atoms with Crippen molar-refractivity contribution in [3.63, 3.8) is 0 Å². The minimum Gasteiger partial charge on any atom is -0.481 e. The van der Waals surface area contributed by atoms with Gasteiger partial charge in [0.15, 0.2) is 0 Å². The van der Waals surface area contributed by atoms with Gasteiger partial charge in [0.05, 0.1) is 7.11 Å². The van der Waals surface area contributed by atoms with E-state index in [1.54, 1.807) is 43.5 Å². The molecule has 0 atom stereocenters. The molecule has 0 aromatic carbocycles. The molecule has 132 valence electrons. The Morgan fingerprint density at radius 1 is 1.20 bits per heavy atom. The van der Waals surface area contributed by atoms with Gasteiger partial charge < -0.3 is 19.1 Å². The number of methoxy groups -OCH3 is 1. The first-order valence-electron chi connectivity index (χ1n) is 8.09. The molecular formula is C17H21N5O3. The number of hydrogen-bond donors (Lipinski definition) is 0. The van der Waals surface area contributed by atoms with E-state index in [4.69, 9.17) is 4.74 Å². The molecule has 0 unspecified atom stereocenters. The zero-order valence-electron chi connectivity index (χ0n) is 14.6. The number of rotatable bonds is 3. The van der Waals surface area contributed by atoms with E-state index in [0.29, 0.717) is 37.9 Å². The fraction of sp³-hybridized carbons (Fsp3) is 0.412. The van der Waals surface area contributed by atoms with Crippen LogP contribution in [0.1, 0.15) is 16.2 Å². The molecule has 1 saturated heterocycles. The second-order valence-corrected chi connectivity index (χ2v) is 5.93. The highest BCUT2D eigenvalue weighted by Gasteiger charge is 2.25. The Morgan fingerprint density at radius 2 is 1.92 bits per heavy atom. The Morgan fingerprint density at radius 3 is 2.60 bits per heavy atom. The molecule has 1 amide bonds. The fourth-order valence-corrected chi connectivity index (χ4v) is 2.86. The summed E-state index contributed by atoms with van der Waals surface area (Å²) in [7, 11) is 3.21. The summed E-state index contributed by atoms with van der Waals surface area (Å²) in [5.74, 6) is 1.72. The summed E-state index contributed by atoms with van der Waals surface area (Å²) < 4.78 is 6.60. The van der Waals surface area contributed by atoms with Gasteiger partial charge in [-0.15, -0.1) is 0 Å². The van der Waals surface area contributed by atoms with Crippen LogP contribution in [0.3, 0.4) is 0 Å². The molecular weight excluding hydrogens is 322 g/mol. The Bertz CT molecular complexity index is 840. The lowest BCUT2D eigenvalue weighted by molar-refractivity contribution is 0.0744. The first-order valence-corrected chi connectivity index (χ1v) is 8.09. The highest BCUT2D eigenvalue weighted by molar-refractivity contribution is 5.94. The van der Waals surface area contributed by atoms with Gasteiger partial charge in [0.2, 0.25) is 5.88 Å². The Labute approximate surface area is 145 Å². The topological polar surface area (TPSA) is 80.6 Å². The number of amides is 1. The van der Waals surface area contributed by atoms with Crippen LogP contribution in [0.5, 0.6) is 5.88 Å². The number of ether oxygens (including phenoxy) is 1. The van der Waals surface area contributed by atoms with E-state index >= 15 is 0 Å². The monoisotopic (exact) mass is 343 g/mol. The van der Waals surface area contributed by atoms with E-state index < -0.39 is 0 Å². The Kier molecular flexibility index (Phi) is 4.69. The number of carbonyl (C=O) groups excluding carboxylic acids is 1. The van der Waals surface area contributed by atoms with Crippen LogP contribution in [-0.2, 0) is 7.05 Å². The second kappa shape index (κ2) is 6.92. The van der Waals surface area contributed by atoms with Gasteiger partial charge in [-0.1, -0.05) is 0 Å². The third-order valence-electron chi connectivity index (χ3n) is 4.25. The predicted octanol–water partition coefficient (Wildman–Crippen LogP) is 0.455. The van der Waals surface area contributed by atoms with Crippen molar-refractivity contribution >= 4 is 11.7 Å². The molecule has 0 aliphatic carbocycles. The molecule has 0 bridgehead atoms. The Balaban J connectivity index is 1.71.